The quantitative estimate of drug-likeness (QED) is 0.832. The van der Waals surface area contributed by atoms with Crippen molar-refractivity contribution >= 4 is 0 Å². The lowest BCUT2D eigenvalue weighted by Crippen LogP contribution is -2.18. The van der Waals surface area contributed by atoms with E-state index in [4.69, 9.17) is 4.74 Å². The molecule has 2 aromatic rings. The van der Waals surface area contributed by atoms with Gasteiger partial charge in [0.05, 0.1) is 7.11 Å². The number of aromatic hydroxyl groups is 1. The molecule has 0 heterocycles. The van der Waals surface area contributed by atoms with Gasteiger partial charge in [-0.2, -0.15) is 0 Å². The molecule has 0 saturated heterocycles. The fourth-order valence-corrected chi connectivity index (χ4v) is 2.43. The summed E-state index contributed by atoms with van der Waals surface area (Å²) in [5, 5.41) is 13.5. The van der Waals surface area contributed by atoms with Crippen LogP contribution in [0.2, 0.25) is 0 Å². The molecule has 2 N–H and O–H groups in total. The first-order valence-electron chi connectivity index (χ1n) is 7.71. The van der Waals surface area contributed by atoms with E-state index >= 15 is 0 Å². The molecule has 0 amide bonds. The number of rotatable bonds is 6. The molecular weight excluding hydrogens is 274 g/mol. The minimum atomic E-state index is 0.208. The van der Waals surface area contributed by atoms with Crippen LogP contribution >= 0.6 is 0 Å². The summed E-state index contributed by atoms with van der Waals surface area (Å²) >= 11 is 0. The zero-order valence-corrected chi connectivity index (χ0v) is 13.8. The molecule has 0 bridgehead atoms. The molecule has 0 aliphatic rings. The molecule has 0 fully saturated rings. The van der Waals surface area contributed by atoms with E-state index in [2.05, 4.69) is 50.4 Å². The molecule has 2 rings (SSSR count). The first kappa shape index (κ1) is 16.4. The second-order valence-electron chi connectivity index (χ2n) is 5.89. The predicted molar refractivity (Wildman–Crippen MR) is 90.4 cm³/mol. The molecule has 3 nitrogen and oxygen atoms in total. The summed E-state index contributed by atoms with van der Waals surface area (Å²) in [5.74, 6) is 1.26. The number of nitrogens with one attached hydrogen (secondary N) is 1. The molecule has 118 valence electrons. The minimum absolute atomic E-state index is 0.208. The molecule has 1 unspecified atom stereocenters. The average Bonchev–Trinajstić information content (AvgIpc) is 2.53. The van der Waals surface area contributed by atoms with Crippen LogP contribution in [0.15, 0.2) is 42.5 Å². The predicted octanol–water partition coefficient (Wildman–Crippen LogP) is 4.38. The lowest BCUT2D eigenvalue weighted by Gasteiger charge is -2.16. The third-order valence-electron chi connectivity index (χ3n) is 4.00. The van der Waals surface area contributed by atoms with Crippen molar-refractivity contribution in [3.05, 3.63) is 59.2 Å². The smallest absolute Gasteiger partial charge is 0.162 e. The van der Waals surface area contributed by atoms with Gasteiger partial charge >= 0.3 is 0 Å². The van der Waals surface area contributed by atoms with Crippen LogP contribution in [-0.2, 0) is 6.54 Å². The van der Waals surface area contributed by atoms with E-state index in [0.29, 0.717) is 18.2 Å². The minimum Gasteiger partial charge on any atom is -0.504 e. The van der Waals surface area contributed by atoms with Crippen LogP contribution in [0.4, 0.5) is 0 Å². The van der Waals surface area contributed by atoms with E-state index < -0.39 is 0 Å². The summed E-state index contributed by atoms with van der Waals surface area (Å²) in [7, 11) is 1.56. The Kier molecular flexibility index (Phi) is 5.45. The van der Waals surface area contributed by atoms with E-state index in [1.807, 2.05) is 12.1 Å². The fraction of sp³-hybridized carbons (Fsp3) is 0.368. The Hall–Kier alpha value is -2.00. The molecule has 0 aliphatic heterocycles. The van der Waals surface area contributed by atoms with Gasteiger partial charge in [0.15, 0.2) is 11.5 Å². The Labute approximate surface area is 133 Å². The summed E-state index contributed by atoms with van der Waals surface area (Å²) in [6, 6.07) is 14.5. The summed E-state index contributed by atoms with van der Waals surface area (Å²) in [6.07, 6.45) is 0. The van der Waals surface area contributed by atoms with Gasteiger partial charge in [0, 0.05) is 18.2 Å². The number of hydrogen-bond acceptors (Lipinski definition) is 3. The van der Waals surface area contributed by atoms with Gasteiger partial charge < -0.3 is 15.2 Å². The summed E-state index contributed by atoms with van der Waals surface area (Å²) in [4.78, 5) is 0. The maximum absolute atomic E-state index is 10.1. The van der Waals surface area contributed by atoms with Crippen molar-refractivity contribution in [2.45, 2.75) is 39.3 Å². The monoisotopic (exact) mass is 299 g/mol. The molecular formula is C19H25NO2. The fourth-order valence-electron chi connectivity index (χ4n) is 2.43. The number of ether oxygens (including phenoxy) is 1. The SMILES string of the molecule is COc1cccc(CNC(C)c2ccc(C(C)C)cc2)c1O. The number of para-hydroxylation sites is 1. The van der Waals surface area contributed by atoms with Gasteiger partial charge in [-0.1, -0.05) is 50.2 Å². The molecule has 22 heavy (non-hydrogen) atoms. The summed E-state index contributed by atoms with van der Waals surface area (Å²) in [5.41, 5.74) is 3.43. The van der Waals surface area contributed by atoms with Crippen molar-refractivity contribution < 1.29 is 9.84 Å². The Morgan fingerprint density at radius 1 is 1.00 bits per heavy atom. The summed E-state index contributed by atoms with van der Waals surface area (Å²) in [6.45, 7) is 7.11. The van der Waals surface area contributed by atoms with E-state index in [1.54, 1.807) is 13.2 Å². The van der Waals surface area contributed by atoms with E-state index in [1.165, 1.54) is 11.1 Å². The molecule has 0 aliphatic carbocycles. The highest BCUT2D eigenvalue weighted by Crippen LogP contribution is 2.29. The van der Waals surface area contributed by atoms with Crippen LogP contribution in [0.5, 0.6) is 11.5 Å². The van der Waals surface area contributed by atoms with Crippen LogP contribution < -0.4 is 10.1 Å². The highest BCUT2D eigenvalue weighted by Gasteiger charge is 2.10. The maximum atomic E-state index is 10.1. The molecule has 3 heteroatoms. The zero-order chi connectivity index (χ0) is 16.1. The first-order chi connectivity index (χ1) is 10.5. The number of benzene rings is 2. The largest absolute Gasteiger partial charge is 0.504 e. The van der Waals surface area contributed by atoms with Crippen LogP contribution in [0.3, 0.4) is 0 Å². The third-order valence-corrected chi connectivity index (χ3v) is 4.00. The molecule has 0 spiro atoms. The second kappa shape index (κ2) is 7.32. The van der Waals surface area contributed by atoms with Crippen LogP contribution in [0.1, 0.15) is 49.4 Å². The Bertz CT molecular complexity index is 605. The van der Waals surface area contributed by atoms with E-state index in [-0.39, 0.29) is 11.8 Å². The van der Waals surface area contributed by atoms with Crippen LogP contribution in [0.25, 0.3) is 0 Å². The van der Waals surface area contributed by atoms with Gasteiger partial charge in [-0.15, -0.1) is 0 Å². The number of methoxy groups -OCH3 is 1. The van der Waals surface area contributed by atoms with Gasteiger partial charge in [-0.3, -0.25) is 0 Å². The van der Waals surface area contributed by atoms with Crippen molar-refractivity contribution in [2.75, 3.05) is 7.11 Å². The Morgan fingerprint density at radius 2 is 1.64 bits per heavy atom. The Balaban J connectivity index is 2.02. The van der Waals surface area contributed by atoms with Crippen molar-refractivity contribution in [1.82, 2.24) is 5.32 Å². The van der Waals surface area contributed by atoms with Crippen molar-refractivity contribution in [3.63, 3.8) is 0 Å². The van der Waals surface area contributed by atoms with Gasteiger partial charge in [0.2, 0.25) is 0 Å². The van der Waals surface area contributed by atoms with E-state index in [9.17, 15) is 5.11 Å². The highest BCUT2D eigenvalue weighted by atomic mass is 16.5. The van der Waals surface area contributed by atoms with Crippen molar-refractivity contribution in [2.24, 2.45) is 0 Å². The third kappa shape index (κ3) is 3.80. The second-order valence-corrected chi connectivity index (χ2v) is 5.89. The molecule has 0 aromatic heterocycles. The number of hydrogen-bond donors (Lipinski definition) is 2. The lowest BCUT2D eigenvalue weighted by molar-refractivity contribution is 0.369. The number of phenols is 1. The normalized spacial score (nSPS) is 12.4. The average molecular weight is 299 g/mol. The van der Waals surface area contributed by atoms with Gasteiger partial charge in [0.1, 0.15) is 0 Å². The first-order valence-corrected chi connectivity index (χ1v) is 7.71. The molecule has 0 radical (unpaired) electrons. The zero-order valence-electron chi connectivity index (χ0n) is 13.8. The van der Waals surface area contributed by atoms with Gasteiger partial charge in [-0.05, 0) is 30.0 Å². The van der Waals surface area contributed by atoms with Gasteiger partial charge in [-0.25, -0.2) is 0 Å². The van der Waals surface area contributed by atoms with E-state index in [0.717, 1.165) is 5.56 Å². The lowest BCUT2D eigenvalue weighted by atomic mass is 9.99. The topological polar surface area (TPSA) is 41.5 Å². The molecule has 2 aromatic carbocycles. The Morgan fingerprint density at radius 3 is 2.23 bits per heavy atom. The molecule has 1 atom stereocenters. The number of phenolic OH excluding ortho intramolecular Hbond substituents is 1. The molecule has 0 saturated carbocycles. The van der Waals surface area contributed by atoms with Gasteiger partial charge in [0.25, 0.3) is 0 Å². The van der Waals surface area contributed by atoms with Crippen molar-refractivity contribution in [3.8, 4) is 11.5 Å². The van der Waals surface area contributed by atoms with Crippen LogP contribution in [0, 0.1) is 0 Å². The standard InChI is InChI=1S/C19H25NO2/c1-13(2)15-8-10-16(11-9-15)14(3)20-12-17-6-5-7-18(22-4)19(17)21/h5-11,13-14,20-21H,12H2,1-4H3. The maximum Gasteiger partial charge on any atom is 0.162 e. The highest BCUT2D eigenvalue weighted by molar-refractivity contribution is 5.45. The van der Waals surface area contributed by atoms with Crippen molar-refractivity contribution in [1.29, 1.82) is 0 Å². The van der Waals surface area contributed by atoms with Crippen LogP contribution in [-0.4, -0.2) is 12.2 Å². The summed E-state index contributed by atoms with van der Waals surface area (Å²) < 4.78 is 5.13.